The standard InChI is InChI=1S/C11H14Si.CH3.Sb/c1-12(2,3)10-9-11-7-5-4-6-8-11;;/h4-7,9H,1-3H3;1H3;. The van der Waals surface area contributed by atoms with Gasteiger partial charge in [0.25, 0.3) is 0 Å². The Labute approximate surface area is 95.0 Å². The normalized spacial score (nSPS) is 16.7. The van der Waals surface area contributed by atoms with Gasteiger partial charge >= 0.3 is 95.4 Å². The summed E-state index contributed by atoms with van der Waals surface area (Å²) in [7, 11) is -1.04. The van der Waals surface area contributed by atoms with Crippen LogP contribution in [0.2, 0.25) is 24.5 Å². The Morgan fingerprint density at radius 3 is 2.29 bits per heavy atom. The number of hydrogen-bond donors (Lipinski definition) is 0. The second kappa shape index (κ2) is 3.54. The fraction of sp³-hybridized carbons (Fsp3) is 0.333. The summed E-state index contributed by atoms with van der Waals surface area (Å²) in [6, 6.07) is 8.99. The first kappa shape index (κ1) is 10.5. The molecule has 0 amide bonds. The zero-order chi connectivity index (χ0) is 10.3. The molecule has 0 atom stereocenters. The van der Waals surface area contributed by atoms with Crippen LogP contribution >= 0.6 is 0 Å². The molecule has 0 nitrogen and oxygen atoms in total. The molecule has 0 aromatic heterocycles. The molecule has 0 radical (unpaired) electrons. The fourth-order valence-electron chi connectivity index (χ4n) is 2.01. The molecule has 0 saturated carbocycles. The average molecular weight is 311 g/mol. The topological polar surface area (TPSA) is 0 Å². The van der Waals surface area contributed by atoms with E-state index in [9.17, 15) is 0 Å². The van der Waals surface area contributed by atoms with Crippen molar-refractivity contribution in [3.8, 4) is 0 Å². The Bertz CT molecular complexity index is 388. The fourth-order valence-corrected chi connectivity index (χ4v) is 17.1. The van der Waals surface area contributed by atoms with Gasteiger partial charge in [0.2, 0.25) is 0 Å². The third-order valence-corrected chi connectivity index (χ3v) is 18.1. The molecule has 0 N–H and O–H groups in total. The molecule has 1 aromatic rings. The molecule has 0 fully saturated rings. The summed E-state index contributed by atoms with van der Waals surface area (Å²) in [5.41, 5.74) is 1.52. The Balaban J connectivity index is 2.47. The third-order valence-electron chi connectivity index (χ3n) is 2.72. The average Bonchev–Trinajstić information content (AvgIpc) is 2.44. The van der Waals surface area contributed by atoms with Crippen LogP contribution < -0.4 is 3.51 Å². The van der Waals surface area contributed by atoms with E-state index in [2.05, 4.69) is 54.9 Å². The number of hydrogen-bond acceptors (Lipinski definition) is 0. The predicted octanol–water partition coefficient (Wildman–Crippen LogP) is 2.83. The first-order valence-corrected chi connectivity index (χ1v) is 13.7. The second-order valence-electron chi connectivity index (χ2n) is 4.90. The molecule has 1 aromatic carbocycles. The predicted molar refractivity (Wildman–Crippen MR) is 69.0 cm³/mol. The van der Waals surface area contributed by atoms with Crippen molar-refractivity contribution in [3.63, 3.8) is 0 Å². The van der Waals surface area contributed by atoms with Crippen LogP contribution in [0.4, 0.5) is 0 Å². The van der Waals surface area contributed by atoms with Crippen molar-refractivity contribution >= 4 is 37.9 Å². The number of benzene rings is 1. The summed E-state index contributed by atoms with van der Waals surface area (Å²) >= 11 is -1.22. The molecule has 14 heavy (non-hydrogen) atoms. The first-order chi connectivity index (χ1) is 6.50. The van der Waals surface area contributed by atoms with E-state index in [0.717, 1.165) is 0 Å². The van der Waals surface area contributed by atoms with E-state index in [4.69, 9.17) is 0 Å². The van der Waals surface area contributed by atoms with Gasteiger partial charge in [-0.3, -0.25) is 0 Å². The molecule has 0 bridgehead atoms. The summed E-state index contributed by atoms with van der Waals surface area (Å²) in [5.74, 6) is 0. The van der Waals surface area contributed by atoms with Gasteiger partial charge in [0.05, 0.1) is 0 Å². The van der Waals surface area contributed by atoms with Crippen LogP contribution in [-0.2, 0) is 0 Å². The van der Waals surface area contributed by atoms with E-state index in [-0.39, 0.29) is 0 Å². The van der Waals surface area contributed by atoms with Gasteiger partial charge in [-0.05, 0) is 0 Å². The Morgan fingerprint density at radius 2 is 1.71 bits per heavy atom. The van der Waals surface area contributed by atoms with E-state index in [1.54, 1.807) is 3.51 Å². The molecular formula is C12H17SbSi. The Hall–Kier alpha value is -0.00494. The number of fused-ring (bicyclic) bond motifs is 1. The van der Waals surface area contributed by atoms with Crippen LogP contribution in [0.3, 0.4) is 0 Å². The number of rotatable bonds is 1. The molecule has 0 spiro atoms. The molecule has 1 heterocycles. The van der Waals surface area contributed by atoms with Crippen LogP contribution in [0, 0.1) is 0 Å². The first-order valence-electron chi connectivity index (χ1n) is 5.05. The van der Waals surface area contributed by atoms with Crippen molar-refractivity contribution in [2.24, 2.45) is 0 Å². The van der Waals surface area contributed by atoms with Crippen LogP contribution in [0.25, 0.3) is 6.08 Å². The van der Waals surface area contributed by atoms with Gasteiger partial charge in [0.1, 0.15) is 0 Å². The van der Waals surface area contributed by atoms with Gasteiger partial charge in [-0.25, -0.2) is 0 Å². The van der Waals surface area contributed by atoms with Crippen molar-refractivity contribution < 1.29 is 0 Å². The van der Waals surface area contributed by atoms with E-state index < -0.39 is 28.3 Å². The molecule has 1 aliphatic rings. The molecule has 2 rings (SSSR count). The monoisotopic (exact) mass is 310 g/mol. The second-order valence-corrected chi connectivity index (χ2v) is 17.1. The van der Waals surface area contributed by atoms with Crippen molar-refractivity contribution in [2.75, 3.05) is 0 Å². The zero-order valence-electron chi connectivity index (χ0n) is 9.33. The van der Waals surface area contributed by atoms with Crippen LogP contribution in [0.1, 0.15) is 5.56 Å². The van der Waals surface area contributed by atoms with E-state index in [0.29, 0.717) is 0 Å². The molecule has 74 valence electrons. The molecule has 1 aliphatic heterocycles. The Kier molecular flexibility index (Phi) is 2.65. The minimum atomic E-state index is -1.22. The SMILES string of the molecule is [CH3][Sb]1[C]([Si](C)(C)C)=Cc2cccc[c]21. The summed E-state index contributed by atoms with van der Waals surface area (Å²) in [5, 5.41) is 0. The van der Waals surface area contributed by atoms with E-state index >= 15 is 0 Å². The van der Waals surface area contributed by atoms with E-state index in [1.165, 1.54) is 5.56 Å². The summed E-state index contributed by atoms with van der Waals surface area (Å²) in [6.07, 6.45) is 2.50. The minimum absolute atomic E-state index is 1.04. The van der Waals surface area contributed by atoms with E-state index in [1.807, 2.05) is 3.14 Å². The molecule has 0 aliphatic carbocycles. The van der Waals surface area contributed by atoms with Gasteiger partial charge in [-0.2, -0.15) is 0 Å². The van der Waals surface area contributed by atoms with Crippen molar-refractivity contribution in [1.82, 2.24) is 0 Å². The van der Waals surface area contributed by atoms with Gasteiger partial charge in [-0.15, -0.1) is 0 Å². The van der Waals surface area contributed by atoms with Gasteiger partial charge in [0.15, 0.2) is 0 Å². The van der Waals surface area contributed by atoms with Crippen LogP contribution in [-0.4, -0.2) is 28.3 Å². The van der Waals surface area contributed by atoms with Crippen LogP contribution in [0.5, 0.6) is 0 Å². The van der Waals surface area contributed by atoms with Gasteiger partial charge < -0.3 is 0 Å². The maximum absolute atomic E-state index is 2.53. The maximum atomic E-state index is 2.53. The third kappa shape index (κ3) is 1.72. The van der Waals surface area contributed by atoms with Crippen molar-refractivity contribution in [2.45, 2.75) is 24.5 Å². The quantitative estimate of drug-likeness (QED) is 0.700. The molecular weight excluding hydrogens is 294 g/mol. The van der Waals surface area contributed by atoms with Gasteiger partial charge in [0, 0.05) is 0 Å². The van der Waals surface area contributed by atoms with Gasteiger partial charge in [-0.1, -0.05) is 0 Å². The summed E-state index contributed by atoms with van der Waals surface area (Å²) in [4.78, 5) is 2.53. The van der Waals surface area contributed by atoms with Crippen molar-refractivity contribution in [1.29, 1.82) is 0 Å². The molecule has 0 saturated heterocycles. The molecule has 0 unspecified atom stereocenters. The van der Waals surface area contributed by atoms with Crippen molar-refractivity contribution in [3.05, 3.63) is 33.0 Å². The van der Waals surface area contributed by atoms with Crippen LogP contribution in [0.15, 0.2) is 27.4 Å². The summed E-state index contributed by atoms with van der Waals surface area (Å²) in [6.45, 7) is 7.43. The Morgan fingerprint density at radius 1 is 1.07 bits per heavy atom. The zero-order valence-corrected chi connectivity index (χ0v) is 12.9. The summed E-state index contributed by atoms with van der Waals surface area (Å²) < 4.78 is 3.58. The molecule has 2 heteroatoms.